The fourth-order valence-electron chi connectivity index (χ4n) is 1.87. The van der Waals surface area contributed by atoms with Crippen molar-refractivity contribution in [1.82, 2.24) is 9.59 Å². The third kappa shape index (κ3) is 4.96. The van der Waals surface area contributed by atoms with Crippen LogP contribution in [-0.2, 0) is 6.42 Å². The topological polar surface area (TPSA) is 51.8 Å². The highest BCUT2D eigenvalue weighted by Crippen LogP contribution is 2.24. The summed E-state index contributed by atoms with van der Waals surface area (Å²) < 4.78 is 4.02. The van der Waals surface area contributed by atoms with Gasteiger partial charge in [0, 0.05) is 6.04 Å². The first kappa shape index (κ1) is 14.3. The molecule has 2 N–H and O–H groups in total. The monoisotopic (exact) mass is 253 g/mol. The molecule has 0 amide bonds. The third-order valence-corrected chi connectivity index (χ3v) is 3.73. The molecule has 1 atom stereocenters. The van der Waals surface area contributed by atoms with Crippen molar-refractivity contribution in [2.24, 2.45) is 5.73 Å². The molecule has 0 saturated heterocycles. The Labute approximate surface area is 108 Å². The van der Waals surface area contributed by atoms with Crippen molar-refractivity contribution in [2.45, 2.75) is 57.9 Å². The molecule has 1 rings (SSSR count). The van der Waals surface area contributed by atoms with E-state index in [-0.39, 0.29) is 6.04 Å². The maximum Gasteiger partial charge on any atom is 0.0803 e. The summed E-state index contributed by atoms with van der Waals surface area (Å²) in [5, 5.41) is 4.16. The average Bonchev–Trinajstić information content (AvgIpc) is 2.77. The SMILES string of the molecule is C=CCCCCCC(N)c1snnc1CCC. The van der Waals surface area contributed by atoms with Gasteiger partial charge < -0.3 is 5.73 Å². The van der Waals surface area contributed by atoms with Crippen LogP contribution in [0.3, 0.4) is 0 Å². The first-order chi connectivity index (χ1) is 8.29. The highest BCUT2D eigenvalue weighted by molar-refractivity contribution is 7.05. The van der Waals surface area contributed by atoms with Crippen LogP contribution >= 0.6 is 11.5 Å². The maximum atomic E-state index is 6.20. The number of rotatable bonds is 9. The second-order valence-electron chi connectivity index (χ2n) is 4.37. The van der Waals surface area contributed by atoms with Gasteiger partial charge >= 0.3 is 0 Å². The van der Waals surface area contributed by atoms with Gasteiger partial charge in [0.2, 0.25) is 0 Å². The van der Waals surface area contributed by atoms with E-state index in [0.29, 0.717) is 0 Å². The fraction of sp³-hybridized carbons (Fsp3) is 0.692. The van der Waals surface area contributed by atoms with Gasteiger partial charge in [0.25, 0.3) is 0 Å². The summed E-state index contributed by atoms with van der Waals surface area (Å²) in [6, 6.07) is 0.125. The van der Waals surface area contributed by atoms with Crippen LogP contribution in [-0.4, -0.2) is 9.59 Å². The number of hydrogen-bond acceptors (Lipinski definition) is 4. The van der Waals surface area contributed by atoms with E-state index in [9.17, 15) is 0 Å². The quantitative estimate of drug-likeness (QED) is 0.540. The Kier molecular flexibility index (Phi) is 7.05. The summed E-state index contributed by atoms with van der Waals surface area (Å²) >= 11 is 1.46. The first-order valence-electron chi connectivity index (χ1n) is 6.47. The highest BCUT2D eigenvalue weighted by Gasteiger charge is 2.14. The molecular weight excluding hydrogens is 230 g/mol. The fourth-order valence-corrected chi connectivity index (χ4v) is 2.60. The van der Waals surface area contributed by atoms with Crippen LogP contribution in [0, 0.1) is 0 Å². The predicted octanol–water partition coefficient (Wildman–Crippen LogP) is 3.63. The zero-order valence-electron chi connectivity index (χ0n) is 10.7. The molecule has 0 radical (unpaired) electrons. The van der Waals surface area contributed by atoms with E-state index in [4.69, 9.17) is 5.73 Å². The molecule has 1 unspecified atom stereocenters. The van der Waals surface area contributed by atoms with E-state index in [2.05, 4.69) is 23.1 Å². The van der Waals surface area contributed by atoms with Crippen molar-refractivity contribution >= 4 is 11.5 Å². The summed E-state index contributed by atoms with van der Waals surface area (Å²) in [7, 11) is 0. The van der Waals surface area contributed by atoms with Crippen LogP contribution in [0.5, 0.6) is 0 Å². The molecule has 0 aromatic carbocycles. The van der Waals surface area contributed by atoms with Crippen molar-refractivity contribution in [3.05, 3.63) is 23.2 Å². The lowest BCUT2D eigenvalue weighted by Gasteiger charge is -2.10. The molecule has 3 nitrogen and oxygen atoms in total. The van der Waals surface area contributed by atoms with Crippen molar-refractivity contribution in [2.75, 3.05) is 0 Å². The largest absolute Gasteiger partial charge is 0.323 e. The van der Waals surface area contributed by atoms with E-state index in [0.717, 1.165) is 31.4 Å². The minimum absolute atomic E-state index is 0.125. The van der Waals surface area contributed by atoms with Crippen molar-refractivity contribution < 1.29 is 0 Å². The van der Waals surface area contributed by atoms with Crippen molar-refractivity contribution in [3.63, 3.8) is 0 Å². The molecule has 0 bridgehead atoms. The molecule has 96 valence electrons. The second-order valence-corrected chi connectivity index (χ2v) is 5.15. The Morgan fingerprint density at radius 1 is 1.41 bits per heavy atom. The molecule has 4 heteroatoms. The average molecular weight is 253 g/mol. The molecule has 0 aliphatic heterocycles. The van der Waals surface area contributed by atoms with E-state index in [1.807, 2.05) is 6.08 Å². The molecule has 0 spiro atoms. The second kappa shape index (κ2) is 8.37. The molecule has 0 aliphatic rings. The molecule has 0 fully saturated rings. The van der Waals surface area contributed by atoms with Gasteiger partial charge in [-0.3, -0.25) is 0 Å². The summed E-state index contributed by atoms with van der Waals surface area (Å²) in [6.07, 6.45) is 9.86. The van der Waals surface area contributed by atoms with Gasteiger partial charge in [-0.2, -0.15) is 0 Å². The Balaban J connectivity index is 2.32. The van der Waals surface area contributed by atoms with E-state index in [1.165, 1.54) is 35.7 Å². The summed E-state index contributed by atoms with van der Waals surface area (Å²) in [4.78, 5) is 1.19. The zero-order chi connectivity index (χ0) is 12.5. The molecular formula is C13H23N3S. The lowest BCUT2D eigenvalue weighted by molar-refractivity contribution is 0.573. The molecule has 0 aliphatic carbocycles. The van der Waals surface area contributed by atoms with Crippen LogP contribution in [0.1, 0.15) is 62.1 Å². The van der Waals surface area contributed by atoms with Crippen LogP contribution in [0.25, 0.3) is 0 Å². The van der Waals surface area contributed by atoms with Crippen molar-refractivity contribution in [1.29, 1.82) is 0 Å². The lowest BCUT2D eigenvalue weighted by atomic mass is 10.0. The normalized spacial score (nSPS) is 12.6. The minimum Gasteiger partial charge on any atom is -0.323 e. The Morgan fingerprint density at radius 3 is 2.94 bits per heavy atom. The van der Waals surface area contributed by atoms with E-state index >= 15 is 0 Å². The number of nitrogens with two attached hydrogens (primary N) is 1. The van der Waals surface area contributed by atoms with Gasteiger partial charge in [0.1, 0.15) is 0 Å². The number of allylic oxidation sites excluding steroid dienone is 1. The minimum atomic E-state index is 0.125. The van der Waals surface area contributed by atoms with Gasteiger partial charge in [0.05, 0.1) is 10.6 Å². The number of nitrogens with zero attached hydrogens (tertiary/aromatic N) is 2. The number of aryl methyl sites for hydroxylation is 1. The van der Waals surface area contributed by atoms with Crippen LogP contribution in [0.15, 0.2) is 12.7 Å². The standard InChI is InChI=1S/C13H23N3S/c1-3-5-6-7-8-10-11(14)13-12(9-4-2)15-16-17-13/h3,11H,1,4-10,14H2,2H3. The van der Waals surface area contributed by atoms with Crippen molar-refractivity contribution in [3.8, 4) is 0 Å². The third-order valence-electron chi connectivity index (χ3n) is 2.83. The molecule has 1 aromatic heterocycles. The molecule has 17 heavy (non-hydrogen) atoms. The Bertz CT molecular complexity index is 322. The Hall–Kier alpha value is -0.740. The van der Waals surface area contributed by atoms with E-state index < -0.39 is 0 Å². The van der Waals surface area contributed by atoms with Gasteiger partial charge in [-0.15, -0.1) is 11.7 Å². The smallest absolute Gasteiger partial charge is 0.0803 e. The van der Waals surface area contributed by atoms with Crippen LogP contribution in [0.2, 0.25) is 0 Å². The van der Waals surface area contributed by atoms with Crippen LogP contribution in [0.4, 0.5) is 0 Å². The lowest BCUT2D eigenvalue weighted by Crippen LogP contribution is -2.10. The highest BCUT2D eigenvalue weighted by atomic mass is 32.1. The van der Waals surface area contributed by atoms with Gasteiger partial charge in [-0.1, -0.05) is 36.8 Å². The summed E-state index contributed by atoms with van der Waals surface area (Å²) in [6.45, 7) is 5.88. The van der Waals surface area contributed by atoms with Gasteiger partial charge in [0.15, 0.2) is 0 Å². The molecule has 1 heterocycles. The predicted molar refractivity (Wildman–Crippen MR) is 74.1 cm³/mol. The van der Waals surface area contributed by atoms with E-state index in [1.54, 1.807) is 0 Å². The first-order valence-corrected chi connectivity index (χ1v) is 7.24. The Morgan fingerprint density at radius 2 is 2.24 bits per heavy atom. The molecule has 1 aromatic rings. The maximum absolute atomic E-state index is 6.20. The summed E-state index contributed by atoms with van der Waals surface area (Å²) in [5.41, 5.74) is 7.30. The van der Waals surface area contributed by atoms with Gasteiger partial charge in [-0.05, 0) is 37.2 Å². The van der Waals surface area contributed by atoms with Crippen LogP contribution < -0.4 is 5.73 Å². The number of unbranched alkanes of at least 4 members (excludes halogenated alkanes) is 3. The number of hydrogen-bond donors (Lipinski definition) is 1. The van der Waals surface area contributed by atoms with Gasteiger partial charge in [-0.25, -0.2) is 0 Å². The summed E-state index contributed by atoms with van der Waals surface area (Å²) in [5.74, 6) is 0. The zero-order valence-corrected chi connectivity index (χ0v) is 11.5. The molecule has 0 saturated carbocycles. The number of aromatic nitrogens is 2.